The van der Waals surface area contributed by atoms with Crippen molar-refractivity contribution in [2.75, 3.05) is 14.2 Å². The summed E-state index contributed by atoms with van der Waals surface area (Å²) in [6.07, 6.45) is 0. The molecule has 0 bridgehead atoms. The maximum absolute atomic E-state index is 12.6. The van der Waals surface area contributed by atoms with Crippen LogP contribution in [-0.4, -0.2) is 53.3 Å². The van der Waals surface area contributed by atoms with Gasteiger partial charge in [-0.15, -0.1) is 0 Å². The summed E-state index contributed by atoms with van der Waals surface area (Å²) in [5.74, 6) is -0.349. The van der Waals surface area contributed by atoms with Crippen LogP contribution in [0.25, 0.3) is 0 Å². The highest BCUT2D eigenvalue weighted by molar-refractivity contribution is 7.89. The summed E-state index contributed by atoms with van der Waals surface area (Å²) in [6.45, 7) is 7.10. The van der Waals surface area contributed by atoms with Crippen LogP contribution < -0.4 is 14.8 Å². The number of hydrogen-bond donors (Lipinski definition) is 2. The van der Waals surface area contributed by atoms with Crippen LogP contribution in [0.2, 0.25) is 0 Å². The molecule has 0 spiro atoms. The molecule has 0 saturated heterocycles. The zero-order chi connectivity index (χ0) is 25.0. The molecule has 0 radical (unpaired) electrons. The van der Waals surface area contributed by atoms with E-state index in [9.17, 15) is 21.6 Å². The average molecular weight is 498 g/mol. The molecule has 0 aliphatic heterocycles. The molecule has 182 valence electrons. The molecule has 2 rings (SSSR count). The van der Waals surface area contributed by atoms with Crippen molar-refractivity contribution in [3.05, 3.63) is 53.6 Å². The molecule has 2 N–H and O–H groups in total. The average Bonchev–Trinajstić information content (AvgIpc) is 2.75. The Labute approximate surface area is 196 Å². The first-order valence-electron chi connectivity index (χ1n) is 10.3. The minimum absolute atomic E-state index is 0.128. The number of rotatable bonds is 10. The second-order valence-corrected chi connectivity index (χ2v) is 11.8. The number of methoxy groups -OCH3 is 1. The van der Waals surface area contributed by atoms with E-state index in [-0.39, 0.29) is 39.7 Å². The molecule has 0 heterocycles. The molecule has 1 amide bonds. The Balaban J connectivity index is 2.18. The maximum Gasteiger partial charge on any atom is 0.251 e. The molecule has 9 nitrogen and oxygen atoms in total. The molecule has 0 atom stereocenters. The Morgan fingerprint density at radius 1 is 1.00 bits per heavy atom. The number of sulfonamides is 2. The van der Waals surface area contributed by atoms with Crippen molar-refractivity contribution in [2.24, 2.45) is 0 Å². The SMILES string of the molecule is COc1ccc(C(=O)NCc2ccc(S(=O)(=O)N(C)C(C)C)cc2)cc1S(=O)(=O)NC(C)C. The Morgan fingerprint density at radius 2 is 1.61 bits per heavy atom. The van der Waals surface area contributed by atoms with Gasteiger partial charge in [-0.05, 0) is 63.6 Å². The number of carbonyl (C=O) groups is 1. The zero-order valence-electron chi connectivity index (χ0n) is 19.6. The van der Waals surface area contributed by atoms with Gasteiger partial charge in [0.15, 0.2) is 0 Å². The lowest BCUT2D eigenvalue weighted by molar-refractivity contribution is 0.0950. The van der Waals surface area contributed by atoms with E-state index in [1.165, 1.54) is 48.8 Å². The monoisotopic (exact) mass is 497 g/mol. The van der Waals surface area contributed by atoms with Crippen LogP contribution in [0.4, 0.5) is 0 Å². The fraction of sp³-hybridized carbons (Fsp3) is 0.409. The summed E-state index contributed by atoms with van der Waals surface area (Å²) >= 11 is 0. The molecule has 0 aromatic heterocycles. The van der Waals surface area contributed by atoms with Crippen molar-refractivity contribution in [3.63, 3.8) is 0 Å². The van der Waals surface area contributed by atoms with Gasteiger partial charge in [-0.2, -0.15) is 4.31 Å². The lowest BCUT2D eigenvalue weighted by atomic mass is 10.2. The highest BCUT2D eigenvalue weighted by atomic mass is 32.2. The number of carbonyl (C=O) groups excluding carboxylic acids is 1. The Hall–Kier alpha value is -2.47. The molecular formula is C22H31N3O6S2. The van der Waals surface area contributed by atoms with Gasteiger partial charge in [0.05, 0.1) is 12.0 Å². The highest BCUT2D eigenvalue weighted by Gasteiger charge is 2.24. The summed E-state index contributed by atoms with van der Waals surface area (Å²) in [4.78, 5) is 12.7. The van der Waals surface area contributed by atoms with Crippen LogP contribution in [0.3, 0.4) is 0 Å². The van der Waals surface area contributed by atoms with Crippen LogP contribution in [0, 0.1) is 0 Å². The van der Waals surface area contributed by atoms with E-state index in [0.717, 1.165) is 0 Å². The van der Waals surface area contributed by atoms with E-state index in [1.54, 1.807) is 39.8 Å². The summed E-state index contributed by atoms with van der Waals surface area (Å²) in [5.41, 5.74) is 0.843. The van der Waals surface area contributed by atoms with Crippen molar-refractivity contribution in [2.45, 2.75) is 56.1 Å². The van der Waals surface area contributed by atoms with E-state index >= 15 is 0 Å². The number of nitrogens with one attached hydrogen (secondary N) is 2. The second-order valence-electron chi connectivity index (χ2n) is 8.08. The lowest BCUT2D eigenvalue weighted by Gasteiger charge is -2.21. The first-order valence-corrected chi connectivity index (χ1v) is 13.3. The molecule has 2 aromatic carbocycles. The predicted octanol–water partition coefficient (Wildman–Crippen LogP) is 2.34. The molecular weight excluding hydrogens is 466 g/mol. The highest BCUT2D eigenvalue weighted by Crippen LogP contribution is 2.25. The van der Waals surface area contributed by atoms with E-state index < -0.39 is 26.0 Å². The van der Waals surface area contributed by atoms with Gasteiger partial charge in [-0.1, -0.05) is 12.1 Å². The lowest BCUT2D eigenvalue weighted by Crippen LogP contribution is -2.33. The summed E-state index contributed by atoms with van der Waals surface area (Å²) in [7, 11) is -4.59. The molecule has 0 saturated carbocycles. The van der Waals surface area contributed by atoms with E-state index in [4.69, 9.17) is 4.74 Å². The molecule has 0 aliphatic carbocycles. The topological polar surface area (TPSA) is 122 Å². The van der Waals surface area contributed by atoms with Gasteiger partial charge >= 0.3 is 0 Å². The molecule has 33 heavy (non-hydrogen) atoms. The fourth-order valence-corrected chi connectivity index (χ4v) is 5.72. The van der Waals surface area contributed by atoms with Crippen LogP contribution in [-0.2, 0) is 26.6 Å². The van der Waals surface area contributed by atoms with Gasteiger partial charge in [-0.3, -0.25) is 4.79 Å². The summed E-state index contributed by atoms with van der Waals surface area (Å²) < 4.78 is 59.2. The van der Waals surface area contributed by atoms with Crippen molar-refractivity contribution < 1.29 is 26.4 Å². The van der Waals surface area contributed by atoms with Crippen LogP contribution in [0.5, 0.6) is 5.75 Å². The minimum Gasteiger partial charge on any atom is -0.495 e. The maximum atomic E-state index is 12.6. The normalized spacial score (nSPS) is 12.4. The van der Waals surface area contributed by atoms with Gasteiger partial charge in [0.25, 0.3) is 5.91 Å². The number of hydrogen-bond acceptors (Lipinski definition) is 6. The fourth-order valence-electron chi connectivity index (χ4n) is 2.91. The zero-order valence-corrected chi connectivity index (χ0v) is 21.2. The third-order valence-corrected chi connectivity index (χ3v) is 8.61. The van der Waals surface area contributed by atoms with Crippen molar-refractivity contribution in [1.29, 1.82) is 0 Å². The smallest absolute Gasteiger partial charge is 0.251 e. The Morgan fingerprint density at radius 3 is 2.12 bits per heavy atom. The summed E-state index contributed by atoms with van der Waals surface area (Å²) in [5, 5.41) is 2.72. The van der Waals surface area contributed by atoms with Gasteiger partial charge in [0, 0.05) is 31.2 Å². The first kappa shape index (κ1) is 26.8. The number of ether oxygens (including phenoxy) is 1. The van der Waals surface area contributed by atoms with Crippen LogP contribution in [0.15, 0.2) is 52.3 Å². The largest absolute Gasteiger partial charge is 0.495 e. The molecule has 0 unspecified atom stereocenters. The van der Waals surface area contributed by atoms with Crippen molar-refractivity contribution in [3.8, 4) is 5.75 Å². The molecule has 0 aliphatic rings. The standard InChI is InChI=1S/C22H31N3O6S2/c1-15(2)24-32(27,28)21-13-18(9-12-20(21)31-6)22(26)23-14-17-7-10-19(11-8-17)33(29,30)25(5)16(3)4/h7-13,15-16,24H,14H2,1-6H3,(H,23,26). The Bertz CT molecular complexity index is 1190. The van der Waals surface area contributed by atoms with Gasteiger partial charge in [0.1, 0.15) is 10.6 Å². The van der Waals surface area contributed by atoms with Gasteiger partial charge < -0.3 is 10.1 Å². The Kier molecular flexibility index (Phi) is 8.63. The van der Waals surface area contributed by atoms with E-state index in [2.05, 4.69) is 10.0 Å². The first-order chi connectivity index (χ1) is 15.3. The van der Waals surface area contributed by atoms with Crippen LogP contribution >= 0.6 is 0 Å². The van der Waals surface area contributed by atoms with E-state index in [1.807, 2.05) is 0 Å². The molecule has 11 heteroatoms. The van der Waals surface area contributed by atoms with Gasteiger partial charge in [0.2, 0.25) is 20.0 Å². The van der Waals surface area contributed by atoms with Gasteiger partial charge in [-0.25, -0.2) is 21.6 Å². The number of nitrogens with zero attached hydrogens (tertiary/aromatic N) is 1. The molecule has 2 aromatic rings. The quantitative estimate of drug-likeness (QED) is 0.520. The predicted molar refractivity (Wildman–Crippen MR) is 126 cm³/mol. The number of benzene rings is 2. The van der Waals surface area contributed by atoms with Crippen LogP contribution in [0.1, 0.15) is 43.6 Å². The van der Waals surface area contributed by atoms with Crippen molar-refractivity contribution in [1.82, 2.24) is 14.3 Å². The third-order valence-electron chi connectivity index (χ3n) is 4.89. The third kappa shape index (κ3) is 6.53. The van der Waals surface area contributed by atoms with Crippen molar-refractivity contribution >= 4 is 26.0 Å². The molecule has 0 fully saturated rings. The number of amides is 1. The van der Waals surface area contributed by atoms with E-state index in [0.29, 0.717) is 5.56 Å². The summed E-state index contributed by atoms with van der Waals surface area (Å²) in [6, 6.07) is 9.88. The minimum atomic E-state index is -3.87. The second kappa shape index (κ2) is 10.6.